The van der Waals surface area contributed by atoms with E-state index in [-0.39, 0.29) is 45.2 Å². The van der Waals surface area contributed by atoms with E-state index in [2.05, 4.69) is 54.5 Å². The van der Waals surface area contributed by atoms with Crippen molar-refractivity contribution in [3.05, 3.63) is 11.6 Å². The van der Waals surface area contributed by atoms with Crippen LogP contribution in [0.4, 0.5) is 0 Å². The van der Waals surface area contributed by atoms with Crippen LogP contribution in [0.15, 0.2) is 11.6 Å². The van der Waals surface area contributed by atoms with Crippen LogP contribution >= 0.6 is 0 Å². The summed E-state index contributed by atoms with van der Waals surface area (Å²) >= 11 is 0. The fourth-order valence-corrected chi connectivity index (χ4v) is 13.0. The number of aliphatic hydroxyl groups is 6. The lowest BCUT2D eigenvalue weighted by molar-refractivity contribution is -0.372. The second kappa shape index (κ2) is 13.3. The summed E-state index contributed by atoms with van der Waals surface area (Å²) in [6.45, 7) is 17.3. The van der Waals surface area contributed by atoms with Crippen molar-refractivity contribution in [2.75, 3.05) is 0 Å². The molecule has 4 saturated carbocycles. The molecule has 2 aliphatic heterocycles. The van der Waals surface area contributed by atoms with Gasteiger partial charge in [-0.3, -0.25) is 4.79 Å². The first kappa shape index (κ1) is 40.7. The zero-order valence-corrected chi connectivity index (χ0v) is 33.1. The van der Waals surface area contributed by atoms with Crippen molar-refractivity contribution in [2.45, 2.75) is 186 Å². The predicted octanol–water partition coefficient (Wildman–Crippen LogP) is 2.84. The molecule has 0 aromatic carbocycles. The van der Waals surface area contributed by atoms with Crippen molar-refractivity contribution in [3.63, 3.8) is 0 Å². The maximum absolute atomic E-state index is 14.0. The molecular formula is C41H64O13. The van der Waals surface area contributed by atoms with Gasteiger partial charge in [0, 0.05) is 17.8 Å². The molecule has 7 aliphatic rings. The monoisotopic (exact) mass is 764 g/mol. The molecule has 6 fully saturated rings. The van der Waals surface area contributed by atoms with Gasteiger partial charge in [-0.05, 0) is 91.8 Å². The first-order valence-corrected chi connectivity index (χ1v) is 20.1. The fourth-order valence-electron chi connectivity index (χ4n) is 13.0. The Kier molecular flexibility index (Phi) is 9.98. The number of hydrogen-bond donors (Lipinski definition) is 7. The quantitative estimate of drug-likeness (QED) is 0.159. The van der Waals surface area contributed by atoms with Crippen molar-refractivity contribution in [1.29, 1.82) is 0 Å². The minimum atomic E-state index is -1.90. The number of ether oxygens (including phenoxy) is 4. The first-order valence-electron chi connectivity index (χ1n) is 20.1. The predicted molar refractivity (Wildman–Crippen MR) is 192 cm³/mol. The van der Waals surface area contributed by atoms with Crippen LogP contribution < -0.4 is 0 Å². The van der Waals surface area contributed by atoms with Crippen molar-refractivity contribution in [2.24, 2.45) is 44.8 Å². The van der Waals surface area contributed by atoms with Crippen LogP contribution in [0.25, 0.3) is 0 Å². The van der Waals surface area contributed by atoms with Crippen LogP contribution in [0, 0.1) is 44.8 Å². The van der Waals surface area contributed by atoms with Gasteiger partial charge in [-0.1, -0.05) is 60.1 Å². The molecule has 0 amide bonds. The molecule has 0 radical (unpaired) electrons. The maximum atomic E-state index is 14.0. The average molecular weight is 765 g/mol. The van der Waals surface area contributed by atoms with Gasteiger partial charge in [0.1, 0.15) is 42.2 Å². The van der Waals surface area contributed by atoms with Gasteiger partial charge in [-0.15, -0.1) is 0 Å². The van der Waals surface area contributed by atoms with E-state index in [1.807, 2.05) is 0 Å². The van der Waals surface area contributed by atoms with Gasteiger partial charge in [0.25, 0.3) is 0 Å². The zero-order chi connectivity index (χ0) is 39.7. The number of Topliss-reactive ketones (excluding diaryl/α,β-unsaturated/α-hetero) is 1. The van der Waals surface area contributed by atoms with E-state index in [0.717, 1.165) is 38.5 Å². The minimum absolute atomic E-state index is 0.0169. The highest BCUT2D eigenvalue weighted by Gasteiger charge is 2.70. The Morgan fingerprint density at radius 2 is 1.48 bits per heavy atom. The van der Waals surface area contributed by atoms with Crippen molar-refractivity contribution in [3.8, 4) is 0 Å². The molecular weight excluding hydrogens is 700 g/mol. The molecule has 0 aromatic rings. The summed E-state index contributed by atoms with van der Waals surface area (Å²) in [6, 6.07) is 0. The molecule has 0 spiro atoms. The number of carbonyl (C=O) groups excluding carboxylic acids is 1. The lowest BCUT2D eigenvalue weighted by atomic mass is 9.34. The normalized spacial score (nSPS) is 54.0. The Bertz CT molecular complexity index is 1530. The third-order valence-electron chi connectivity index (χ3n) is 16.5. The number of fused-ring (bicyclic) bond motifs is 7. The van der Waals surface area contributed by atoms with E-state index < -0.39 is 84.5 Å². The van der Waals surface area contributed by atoms with Gasteiger partial charge in [0.15, 0.2) is 24.5 Å². The average Bonchev–Trinajstić information content (AvgIpc) is 3.08. The molecule has 13 nitrogen and oxygen atoms in total. The fraction of sp³-hybridized carbons (Fsp3) is 0.902. The number of hydrogen-bond acceptors (Lipinski definition) is 12. The summed E-state index contributed by atoms with van der Waals surface area (Å²) in [4.78, 5) is 26.2. The molecule has 18 atom stereocenters. The Morgan fingerprint density at radius 1 is 0.796 bits per heavy atom. The second-order valence-corrected chi connectivity index (χ2v) is 20.3. The molecule has 0 bridgehead atoms. The van der Waals surface area contributed by atoms with Crippen LogP contribution in [-0.4, -0.2) is 121 Å². The van der Waals surface area contributed by atoms with E-state index >= 15 is 0 Å². The van der Waals surface area contributed by atoms with E-state index in [4.69, 9.17) is 18.9 Å². The number of carboxylic acid groups (broad SMARTS) is 1. The van der Waals surface area contributed by atoms with Crippen LogP contribution in [0.2, 0.25) is 0 Å². The number of allylic oxidation sites excluding steroid dienone is 1. The molecule has 0 unspecified atom stereocenters. The standard InChI is InChI=1S/C41H64O13/c1-19-26(43)27(44)30(47)34(51-19)54-32-29(46)28(45)31(33(48)49)53-35(32)52-25-12-13-38(6)22(37(25,4)5)11-14-39(7)23(38)10-9-20-21-17-36(2,3)15-16-41(21,50)24(42)18-40(20,39)8/h9,19,21-23,25-32,34-35,43-47,50H,10-18H2,1-8H3,(H,48,49)/t19-,21-,22-,23+,25-,26-,27+,28-,29-,30+,31-,32+,34-,35+,38-,39+,40+,41+/m0/s1. The van der Waals surface area contributed by atoms with Gasteiger partial charge in [0.05, 0.1) is 12.2 Å². The number of rotatable bonds is 5. The summed E-state index contributed by atoms with van der Waals surface area (Å²) in [5.41, 5.74) is -1.21. The summed E-state index contributed by atoms with van der Waals surface area (Å²) in [5.74, 6) is -1.29. The Balaban J connectivity index is 1.16. The molecule has 5 aliphatic carbocycles. The highest BCUT2D eigenvalue weighted by atomic mass is 16.8. The van der Waals surface area contributed by atoms with E-state index in [1.165, 1.54) is 12.5 Å². The van der Waals surface area contributed by atoms with Crippen molar-refractivity contribution >= 4 is 11.8 Å². The molecule has 54 heavy (non-hydrogen) atoms. The van der Waals surface area contributed by atoms with Crippen LogP contribution in [0.1, 0.15) is 113 Å². The molecule has 2 saturated heterocycles. The lowest BCUT2D eigenvalue weighted by Gasteiger charge is -2.71. The number of aliphatic carboxylic acids is 1. The smallest absolute Gasteiger partial charge is 0.335 e. The number of carbonyl (C=O) groups is 2. The van der Waals surface area contributed by atoms with Gasteiger partial charge >= 0.3 is 5.97 Å². The summed E-state index contributed by atoms with van der Waals surface area (Å²) < 4.78 is 24.1. The molecule has 2 heterocycles. The minimum Gasteiger partial charge on any atom is -0.479 e. The van der Waals surface area contributed by atoms with Crippen LogP contribution in [0.5, 0.6) is 0 Å². The highest BCUT2D eigenvalue weighted by Crippen LogP contribution is 2.74. The van der Waals surface area contributed by atoms with E-state index in [9.17, 15) is 45.3 Å². The van der Waals surface area contributed by atoms with Gasteiger partial charge in [-0.25, -0.2) is 4.79 Å². The van der Waals surface area contributed by atoms with Crippen molar-refractivity contribution < 1.29 is 64.3 Å². The number of carboxylic acids is 1. The Labute approximate surface area is 318 Å². The summed E-state index contributed by atoms with van der Waals surface area (Å²) in [5, 5.41) is 75.1. The zero-order valence-electron chi connectivity index (χ0n) is 33.1. The highest BCUT2D eigenvalue weighted by molar-refractivity contribution is 5.91. The Morgan fingerprint density at radius 3 is 2.15 bits per heavy atom. The Hall–Kier alpha value is -1.52. The van der Waals surface area contributed by atoms with Crippen LogP contribution in [-0.2, 0) is 28.5 Å². The summed E-state index contributed by atoms with van der Waals surface area (Å²) in [6.07, 6.45) is -7.48. The maximum Gasteiger partial charge on any atom is 0.335 e. The van der Waals surface area contributed by atoms with Gasteiger partial charge in [0.2, 0.25) is 0 Å². The third-order valence-corrected chi connectivity index (χ3v) is 16.5. The molecule has 7 rings (SSSR count). The lowest BCUT2D eigenvalue weighted by Crippen LogP contribution is -2.68. The summed E-state index contributed by atoms with van der Waals surface area (Å²) in [7, 11) is 0. The largest absolute Gasteiger partial charge is 0.479 e. The van der Waals surface area contributed by atoms with Crippen molar-refractivity contribution in [1.82, 2.24) is 0 Å². The molecule has 7 N–H and O–H groups in total. The van der Waals surface area contributed by atoms with E-state index in [0.29, 0.717) is 19.3 Å². The molecule has 306 valence electrons. The topological polar surface area (TPSA) is 213 Å². The SMILES string of the molecule is C[C@@H]1O[C@@H](O[C@H]2[C@H](O[C@H]3CC[C@]4(C)[C@H]5CC=C6[C@@H]7CC(C)(C)CC[C@]7(O)C(=O)C[C@@]6(C)[C@]5(C)CC[C@H]4C3(C)C)O[C@H](C(=O)O)[C@@H](O)[C@@H]2O)[C@H](O)[C@H](O)[C@H]1O. The number of aliphatic hydroxyl groups excluding tert-OH is 5. The molecule has 13 heteroatoms. The first-order chi connectivity index (χ1) is 24.9. The van der Waals surface area contributed by atoms with Crippen LogP contribution in [0.3, 0.4) is 0 Å². The second-order valence-electron chi connectivity index (χ2n) is 20.3. The van der Waals surface area contributed by atoms with Gasteiger partial charge in [-0.2, -0.15) is 0 Å². The van der Waals surface area contributed by atoms with E-state index in [1.54, 1.807) is 0 Å². The molecule has 0 aromatic heterocycles. The third kappa shape index (κ3) is 5.84. The number of ketones is 1. The van der Waals surface area contributed by atoms with Gasteiger partial charge < -0.3 is 54.7 Å².